The Morgan fingerprint density at radius 1 is 1.10 bits per heavy atom. The van der Waals surface area contributed by atoms with Crippen molar-refractivity contribution in [2.75, 3.05) is 32.8 Å². The Kier molecular flexibility index (Phi) is 7.86. The highest BCUT2D eigenvalue weighted by Gasteiger charge is 2.20. The van der Waals surface area contributed by atoms with Gasteiger partial charge >= 0.3 is 0 Å². The number of halogens is 1. The summed E-state index contributed by atoms with van der Waals surface area (Å²) >= 11 is 6.38. The fourth-order valence-electron chi connectivity index (χ4n) is 2.49. The lowest BCUT2D eigenvalue weighted by molar-refractivity contribution is 0.222. The van der Waals surface area contributed by atoms with Crippen molar-refractivity contribution in [3.05, 3.63) is 22.7 Å². The van der Waals surface area contributed by atoms with Crippen LogP contribution in [0.4, 0.5) is 0 Å². The van der Waals surface area contributed by atoms with Crippen molar-refractivity contribution >= 4 is 11.6 Å². The van der Waals surface area contributed by atoms with Crippen LogP contribution in [-0.2, 0) is 0 Å². The van der Waals surface area contributed by atoms with E-state index in [1.54, 1.807) is 0 Å². The van der Waals surface area contributed by atoms with Gasteiger partial charge in [0.25, 0.3) is 0 Å². The molecule has 0 aliphatic rings. The van der Waals surface area contributed by atoms with Gasteiger partial charge in [-0.15, -0.1) is 0 Å². The molecule has 1 aromatic carbocycles. The van der Waals surface area contributed by atoms with E-state index in [9.17, 15) is 0 Å². The summed E-state index contributed by atoms with van der Waals surface area (Å²) in [5.41, 5.74) is 7.04. The number of hydrogen-bond acceptors (Lipinski definition) is 4. The molecule has 0 aliphatic heterocycles. The summed E-state index contributed by atoms with van der Waals surface area (Å²) in [4.78, 5) is 2.31. The third-order valence-electron chi connectivity index (χ3n) is 3.48. The predicted octanol–water partition coefficient (Wildman–Crippen LogP) is 3.48. The minimum Gasteiger partial charge on any atom is -0.490 e. The third-order valence-corrected chi connectivity index (χ3v) is 3.76. The molecule has 0 saturated heterocycles. The van der Waals surface area contributed by atoms with Crippen LogP contribution in [0.1, 0.15) is 39.3 Å². The van der Waals surface area contributed by atoms with Crippen LogP contribution < -0.4 is 15.2 Å². The average Bonchev–Trinajstić information content (AvgIpc) is 2.48. The fourth-order valence-corrected chi connectivity index (χ4v) is 2.76. The van der Waals surface area contributed by atoms with Crippen LogP contribution >= 0.6 is 11.6 Å². The number of likely N-dealkylation sites (N-methyl/N-ethyl adjacent to an activating group) is 1. The van der Waals surface area contributed by atoms with E-state index in [0.29, 0.717) is 36.3 Å². The molecular weight excluding hydrogens is 288 g/mol. The number of hydrogen-bond donors (Lipinski definition) is 1. The SMILES string of the molecule is CCOc1cc(C(CN)N(CC)CC)cc(Cl)c1OCC. The van der Waals surface area contributed by atoms with E-state index in [-0.39, 0.29) is 6.04 Å². The molecular formula is C16H27ClN2O2. The van der Waals surface area contributed by atoms with Gasteiger partial charge < -0.3 is 15.2 Å². The molecule has 1 aromatic rings. The maximum Gasteiger partial charge on any atom is 0.179 e. The van der Waals surface area contributed by atoms with Crippen LogP contribution in [-0.4, -0.2) is 37.7 Å². The quantitative estimate of drug-likeness (QED) is 0.758. The third kappa shape index (κ3) is 4.50. The van der Waals surface area contributed by atoms with Gasteiger partial charge in [0, 0.05) is 12.6 Å². The fraction of sp³-hybridized carbons (Fsp3) is 0.625. The molecule has 0 spiro atoms. The minimum absolute atomic E-state index is 0.132. The van der Waals surface area contributed by atoms with Crippen molar-refractivity contribution in [2.24, 2.45) is 5.73 Å². The van der Waals surface area contributed by atoms with E-state index < -0.39 is 0 Å². The van der Waals surface area contributed by atoms with Gasteiger partial charge in [0.1, 0.15) is 0 Å². The molecule has 0 saturated carbocycles. The largest absolute Gasteiger partial charge is 0.490 e. The first kappa shape index (κ1) is 18.1. The van der Waals surface area contributed by atoms with Gasteiger partial charge in [0.05, 0.1) is 18.2 Å². The van der Waals surface area contributed by atoms with Crippen molar-refractivity contribution in [3.8, 4) is 11.5 Å². The molecule has 0 fully saturated rings. The minimum atomic E-state index is 0.132. The van der Waals surface area contributed by atoms with Crippen LogP contribution in [0.3, 0.4) is 0 Å². The second kappa shape index (κ2) is 9.13. The highest BCUT2D eigenvalue weighted by molar-refractivity contribution is 6.32. The van der Waals surface area contributed by atoms with Gasteiger partial charge in [0.2, 0.25) is 0 Å². The van der Waals surface area contributed by atoms with Gasteiger partial charge in [-0.25, -0.2) is 0 Å². The zero-order valence-electron chi connectivity index (χ0n) is 13.5. The van der Waals surface area contributed by atoms with Gasteiger partial charge in [-0.3, -0.25) is 4.90 Å². The lowest BCUT2D eigenvalue weighted by Crippen LogP contribution is -2.33. The number of rotatable bonds is 9. The molecule has 0 aromatic heterocycles. The summed E-state index contributed by atoms with van der Waals surface area (Å²) in [6.45, 7) is 11.7. The molecule has 1 unspecified atom stereocenters. The van der Waals surface area contributed by atoms with Gasteiger partial charge in [0.15, 0.2) is 11.5 Å². The lowest BCUT2D eigenvalue weighted by Gasteiger charge is -2.29. The van der Waals surface area contributed by atoms with Crippen molar-refractivity contribution in [1.82, 2.24) is 4.90 Å². The highest BCUT2D eigenvalue weighted by atomic mass is 35.5. The monoisotopic (exact) mass is 314 g/mol. The Morgan fingerprint density at radius 2 is 1.71 bits per heavy atom. The van der Waals surface area contributed by atoms with Gasteiger partial charge in [-0.1, -0.05) is 25.4 Å². The number of benzene rings is 1. The Balaban J connectivity index is 3.23. The van der Waals surface area contributed by atoms with E-state index in [1.807, 2.05) is 26.0 Å². The molecule has 0 aliphatic carbocycles. The Hall–Kier alpha value is -0.970. The Morgan fingerprint density at radius 3 is 2.19 bits per heavy atom. The molecule has 0 radical (unpaired) electrons. The van der Waals surface area contributed by atoms with Crippen LogP contribution in [0.5, 0.6) is 11.5 Å². The second-order valence-corrected chi connectivity index (χ2v) is 5.08. The Labute approximate surface area is 133 Å². The van der Waals surface area contributed by atoms with E-state index in [4.69, 9.17) is 26.8 Å². The van der Waals surface area contributed by atoms with Crippen LogP contribution in [0.15, 0.2) is 12.1 Å². The van der Waals surface area contributed by atoms with E-state index >= 15 is 0 Å². The summed E-state index contributed by atoms with van der Waals surface area (Å²) in [5, 5.41) is 0.573. The number of nitrogens with zero attached hydrogens (tertiary/aromatic N) is 1. The second-order valence-electron chi connectivity index (χ2n) is 4.67. The summed E-state index contributed by atoms with van der Waals surface area (Å²) in [5.74, 6) is 1.30. The zero-order valence-corrected chi connectivity index (χ0v) is 14.2. The lowest BCUT2D eigenvalue weighted by atomic mass is 10.0. The standard InChI is InChI=1S/C16H27ClN2O2/c1-5-19(6-2)14(11-18)12-9-13(17)16(21-8-4)15(10-12)20-7-3/h9-10,14H,5-8,11,18H2,1-4H3. The summed E-state index contributed by atoms with van der Waals surface area (Å²) in [6, 6.07) is 4.06. The van der Waals surface area contributed by atoms with Crippen molar-refractivity contribution in [1.29, 1.82) is 0 Å². The van der Waals surface area contributed by atoms with Crippen LogP contribution in [0.2, 0.25) is 5.02 Å². The van der Waals surface area contributed by atoms with Crippen molar-refractivity contribution < 1.29 is 9.47 Å². The molecule has 0 heterocycles. The van der Waals surface area contributed by atoms with Gasteiger partial charge in [-0.05, 0) is 44.6 Å². The molecule has 120 valence electrons. The molecule has 5 heteroatoms. The maximum absolute atomic E-state index is 6.38. The average molecular weight is 315 g/mol. The molecule has 2 N–H and O–H groups in total. The molecule has 1 rings (SSSR count). The van der Waals surface area contributed by atoms with Gasteiger partial charge in [-0.2, -0.15) is 0 Å². The summed E-state index contributed by atoms with van der Waals surface area (Å²) in [7, 11) is 0. The first-order valence-electron chi connectivity index (χ1n) is 7.65. The first-order chi connectivity index (χ1) is 10.1. The maximum atomic E-state index is 6.38. The van der Waals surface area contributed by atoms with Crippen molar-refractivity contribution in [2.45, 2.75) is 33.7 Å². The molecule has 21 heavy (non-hydrogen) atoms. The topological polar surface area (TPSA) is 47.7 Å². The molecule has 0 amide bonds. The van der Waals surface area contributed by atoms with Crippen LogP contribution in [0, 0.1) is 0 Å². The van der Waals surface area contributed by atoms with E-state index in [0.717, 1.165) is 18.7 Å². The molecule has 0 bridgehead atoms. The molecule has 4 nitrogen and oxygen atoms in total. The van der Waals surface area contributed by atoms with E-state index in [2.05, 4.69) is 18.7 Å². The molecule has 1 atom stereocenters. The number of ether oxygens (including phenoxy) is 2. The normalized spacial score (nSPS) is 12.5. The smallest absolute Gasteiger partial charge is 0.179 e. The van der Waals surface area contributed by atoms with Crippen molar-refractivity contribution in [3.63, 3.8) is 0 Å². The zero-order chi connectivity index (χ0) is 15.8. The summed E-state index contributed by atoms with van der Waals surface area (Å²) in [6.07, 6.45) is 0. The van der Waals surface area contributed by atoms with Crippen LogP contribution in [0.25, 0.3) is 0 Å². The highest BCUT2D eigenvalue weighted by Crippen LogP contribution is 2.39. The van der Waals surface area contributed by atoms with E-state index in [1.165, 1.54) is 0 Å². The predicted molar refractivity (Wildman–Crippen MR) is 88.5 cm³/mol. The Bertz CT molecular complexity index is 437. The summed E-state index contributed by atoms with van der Waals surface area (Å²) < 4.78 is 11.3. The first-order valence-corrected chi connectivity index (χ1v) is 8.03. The number of nitrogens with two attached hydrogens (primary N) is 1.